The Morgan fingerprint density at radius 2 is 1.93 bits per heavy atom. The molecule has 0 saturated heterocycles. The molecule has 1 aliphatic heterocycles. The van der Waals surface area contributed by atoms with Crippen LogP contribution in [-0.2, 0) is 16.6 Å². The number of benzene rings is 1. The zero-order valence-electron chi connectivity index (χ0n) is 16.7. The fourth-order valence-corrected chi connectivity index (χ4v) is 3.13. The standard InChI is InChI=1S/C22H28N2O4/c1-22(2,3)17-4-5-18-19(14-17)27-15-20(28-18)21(26)24(12-13-25)11-8-16-6-9-23-10-7-16/h4-7,9-10,14,20,25H,8,11-13,15H2,1-3H3. The normalized spacial score (nSPS) is 15.9. The summed E-state index contributed by atoms with van der Waals surface area (Å²) in [6.45, 7) is 7.25. The first-order valence-corrected chi connectivity index (χ1v) is 9.61. The third-order valence-corrected chi connectivity index (χ3v) is 4.85. The highest BCUT2D eigenvalue weighted by molar-refractivity contribution is 5.82. The Labute approximate surface area is 166 Å². The van der Waals surface area contributed by atoms with Crippen molar-refractivity contribution >= 4 is 5.91 Å². The van der Waals surface area contributed by atoms with Crippen LogP contribution in [0.1, 0.15) is 31.9 Å². The van der Waals surface area contributed by atoms with E-state index in [4.69, 9.17) is 9.47 Å². The Hall–Kier alpha value is -2.60. The van der Waals surface area contributed by atoms with Crippen molar-refractivity contribution in [2.45, 2.75) is 38.7 Å². The predicted molar refractivity (Wildman–Crippen MR) is 107 cm³/mol. The highest BCUT2D eigenvalue weighted by atomic mass is 16.6. The van der Waals surface area contributed by atoms with Gasteiger partial charge in [0.15, 0.2) is 11.5 Å². The summed E-state index contributed by atoms with van der Waals surface area (Å²) in [5, 5.41) is 9.37. The third kappa shape index (κ3) is 4.81. The number of hydrogen-bond acceptors (Lipinski definition) is 5. The Balaban J connectivity index is 1.67. The summed E-state index contributed by atoms with van der Waals surface area (Å²) in [4.78, 5) is 18.6. The minimum absolute atomic E-state index is 0.00986. The van der Waals surface area contributed by atoms with Crippen molar-refractivity contribution in [2.75, 3.05) is 26.3 Å². The molecule has 0 fully saturated rings. The van der Waals surface area contributed by atoms with Gasteiger partial charge in [-0.3, -0.25) is 9.78 Å². The lowest BCUT2D eigenvalue weighted by Crippen LogP contribution is -2.48. The zero-order valence-corrected chi connectivity index (χ0v) is 16.7. The fourth-order valence-electron chi connectivity index (χ4n) is 3.13. The van der Waals surface area contributed by atoms with Gasteiger partial charge in [0.2, 0.25) is 6.10 Å². The van der Waals surface area contributed by atoms with Crippen molar-refractivity contribution in [1.29, 1.82) is 0 Å². The molecule has 28 heavy (non-hydrogen) atoms. The van der Waals surface area contributed by atoms with E-state index in [2.05, 4.69) is 25.8 Å². The zero-order chi connectivity index (χ0) is 20.1. The summed E-state index contributed by atoms with van der Waals surface area (Å²) in [5.41, 5.74) is 2.25. The molecule has 0 spiro atoms. The molecule has 2 aromatic rings. The number of aliphatic hydroxyl groups excluding tert-OH is 1. The van der Waals surface area contributed by atoms with Crippen LogP contribution in [0.2, 0.25) is 0 Å². The largest absolute Gasteiger partial charge is 0.485 e. The van der Waals surface area contributed by atoms with Crippen LogP contribution in [-0.4, -0.2) is 53.3 Å². The minimum Gasteiger partial charge on any atom is -0.485 e. The van der Waals surface area contributed by atoms with Crippen LogP contribution in [0.3, 0.4) is 0 Å². The highest BCUT2D eigenvalue weighted by Crippen LogP contribution is 2.36. The molecule has 3 rings (SSSR count). The van der Waals surface area contributed by atoms with Gasteiger partial charge in [-0.05, 0) is 47.2 Å². The van der Waals surface area contributed by atoms with Crippen LogP contribution in [0.15, 0.2) is 42.7 Å². The van der Waals surface area contributed by atoms with Gasteiger partial charge in [-0.25, -0.2) is 0 Å². The van der Waals surface area contributed by atoms with Gasteiger partial charge in [0.05, 0.1) is 6.61 Å². The first-order chi connectivity index (χ1) is 13.4. The SMILES string of the molecule is CC(C)(C)c1ccc2c(c1)OCC(C(=O)N(CCO)CCc1ccncc1)O2. The number of rotatable bonds is 6. The molecule has 1 aromatic heterocycles. The number of carbonyl (C=O) groups is 1. The second kappa shape index (κ2) is 8.61. The predicted octanol–water partition coefficient (Wildman–Crippen LogP) is 2.58. The van der Waals surface area contributed by atoms with E-state index in [-0.39, 0.29) is 31.1 Å². The number of nitrogens with zero attached hydrogens (tertiary/aromatic N) is 2. The molecule has 6 nitrogen and oxygen atoms in total. The molecule has 0 saturated carbocycles. The van der Waals surface area contributed by atoms with Crippen LogP contribution >= 0.6 is 0 Å². The van der Waals surface area contributed by atoms with E-state index in [1.807, 2.05) is 30.3 Å². The van der Waals surface area contributed by atoms with Gasteiger partial charge >= 0.3 is 0 Å². The van der Waals surface area contributed by atoms with E-state index in [1.165, 1.54) is 0 Å². The monoisotopic (exact) mass is 384 g/mol. The van der Waals surface area contributed by atoms with Crippen molar-refractivity contribution in [1.82, 2.24) is 9.88 Å². The second-order valence-electron chi connectivity index (χ2n) is 7.98. The molecule has 0 aliphatic carbocycles. The van der Waals surface area contributed by atoms with Gasteiger partial charge < -0.3 is 19.5 Å². The molecule has 1 unspecified atom stereocenters. The number of pyridine rings is 1. The lowest BCUT2D eigenvalue weighted by Gasteiger charge is -2.31. The summed E-state index contributed by atoms with van der Waals surface area (Å²) >= 11 is 0. The molecule has 1 aliphatic rings. The molecular weight excluding hydrogens is 356 g/mol. The van der Waals surface area contributed by atoms with Crippen molar-refractivity contribution in [3.05, 3.63) is 53.9 Å². The van der Waals surface area contributed by atoms with Gasteiger partial charge in [-0.1, -0.05) is 26.8 Å². The van der Waals surface area contributed by atoms with Gasteiger partial charge in [0.25, 0.3) is 5.91 Å². The topological polar surface area (TPSA) is 71.9 Å². The summed E-state index contributed by atoms with van der Waals surface area (Å²) < 4.78 is 11.8. The van der Waals surface area contributed by atoms with Crippen molar-refractivity contribution in [3.63, 3.8) is 0 Å². The Morgan fingerprint density at radius 3 is 2.61 bits per heavy atom. The van der Waals surface area contributed by atoms with Crippen LogP contribution in [0.4, 0.5) is 0 Å². The Morgan fingerprint density at radius 1 is 1.18 bits per heavy atom. The van der Waals surface area contributed by atoms with Crippen molar-refractivity contribution in [2.24, 2.45) is 0 Å². The number of aliphatic hydroxyl groups is 1. The summed E-state index contributed by atoms with van der Waals surface area (Å²) in [7, 11) is 0. The smallest absolute Gasteiger partial charge is 0.267 e. The number of ether oxygens (including phenoxy) is 2. The maximum atomic E-state index is 12.9. The summed E-state index contributed by atoms with van der Waals surface area (Å²) in [5.74, 6) is 1.08. The lowest BCUT2D eigenvalue weighted by molar-refractivity contribution is -0.141. The summed E-state index contributed by atoms with van der Waals surface area (Å²) in [6.07, 6.45) is 3.44. The van der Waals surface area contributed by atoms with Crippen LogP contribution < -0.4 is 9.47 Å². The molecule has 0 bridgehead atoms. The van der Waals surface area contributed by atoms with Gasteiger partial charge in [-0.2, -0.15) is 0 Å². The maximum Gasteiger partial charge on any atom is 0.267 e. The molecule has 2 heterocycles. The quantitative estimate of drug-likeness (QED) is 0.829. The Bertz CT molecular complexity index is 802. The summed E-state index contributed by atoms with van der Waals surface area (Å²) in [6, 6.07) is 9.69. The molecule has 150 valence electrons. The Kier molecular flexibility index (Phi) is 6.19. The molecule has 1 aromatic carbocycles. The van der Waals surface area contributed by atoms with Gasteiger partial charge in [0.1, 0.15) is 6.61 Å². The first-order valence-electron chi connectivity index (χ1n) is 9.61. The lowest BCUT2D eigenvalue weighted by atomic mass is 9.87. The van der Waals surface area contributed by atoms with E-state index in [0.29, 0.717) is 24.5 Å². The number of carbonyl (C=O) groups excluding carboxylic acids is 1. The van der Waals surface area contributed by atoms with E-state index in [9.17, 15) is 9.90 Å². The molecule has 1 N–H and O–H groups in total. The van der Waals surface area contributed by atoms with E-state index >= 15 is 0 Å². The van der Waals surface area contributed by atoms with Crippen LogP contribution in [0.5, 0.6) is 11.5 Å². The first kappa shape index (κ1) is 20.1. The average Bonchev–Trinajstić information content (AvgIpc) is 2.70. The maximum absolute atomic E-state index is 12.9. The number of fused-ring (bicyclic) bond motifs is 1. The van der Waals surface area contributed by atoms with Gasteiger partial charge in [-0.15, -0.1) is 0 Å². The molecule has 0 radical (unpaired) electrons. The van der Waals surface area contributed by atoms with Crippen LogP contribution in [0.25, 0.3) is 0 Å². The average molecular weight is 384 g/mol. The van der Waals surface area contributed by atoms with E-state index in [1.54, 1.807) is 17.3 Å². The molecular formula is C22H28N2O4. The highest BCUT2D eigenvalue weighted by Gasteiger charge is 2.31. The second-order valence-corrected chi connectivity index (χ2v) is 7.98. The van der Waals surface area contributed by atoms with E-state index in [0.717, 1.165) is 11.1 Å². The van der Waals surface area contributed by atoms with Crippen LogP contribution in [0, 0.1) is 0 Å². The molecule has 1 atom stereocenters. The number of hydrogen-bond donors (Lipinski definition) is 1. The molecule has 1 amide bonds. The van der Waals surface area contributed by atoms with Crippen molar-refractivity contribution < 1.29 is 19.4 Å². The minimum atomic E-state index is -0.711. The third-order valence-electron chi connectivity index (χ3n) is 4.85. The number of aromatic nitrogens is 1. The molecule has 6 heteroatoms. The fraction of sp³-hybridized carbons (Fsp3) is 0.455. The number of amides is 1. The van der Waals surface area contributed by atoms with Crippen molar-refractivity contribution in [3.8, 4) is 11.5 Å². The van der Waals surface area contributed by atoms with E-state index < -0.39 is 6.10 Å². The van der Waals surface area contributed by atoms with Gasteiger partial charge in [0, 0.05) is 25.5 Å².